The first-order valence-corrected chi connectivity index (χ1v) is 9.71. The van der Waals surface area contributed by atoms with Gasteiger partial charge in [0.1, 0.15) is 23.4 Å². The minimum Gasteiger partial charge on any atom is -0.581 e. The zero-order valence-electron chi connectivity index (χ0n) is 16.5. The first kappa shape index (κ1) is 22.3. The number of aryl methyl sites for hydroxylation is 1. The van der Waals surface area contributed by atoms with E-state index in [0.717, 1.165) is 17.3 Å². The molecule has 1 aromatic heterocycles. The van der Waals surface area contributed by atoms with E-state index in [1.54, 1.807) is 47.9 Å². The number of carbonyl (C=O) groups excluding carboxylic acids is 2. The molecule has 1 aliphatic heterocycles. The van der Waals surface area contributed by atoms with Gasteiger partial charge in [-0.15, -0.1) is 0 Å². The van der Waals surface area contributed by atoms with Crippen molar-refractivity contribution in [3.05, 3.63) is 80.5 Å². The van der Waals surface area contributed by atoms with Crippen molar-refractivity contribution in [1.29, 1.82) is 0 Å². The van der Waals surface area contributed by atoms with Crippen molar-refractivity contribution in [1.82, 2.24) is 9.55 Å². The van der Waals surface area contributed by atoms with Gasteiger partial charge >= 0.3 is 29.6 Å². The molecule has 1 aliphatic rings. The molecule has 0 saturated carbocycles. The Morgan fingerprint density at radius 2 is 1.83 bits per heavy atom. The maximum atomic E-state index is 12.7. The zero-order valence-corrected chi connectivity index (χ0v) is 19.3. The molecule has 2 amide bonds. The van der Waals surface area contributed by atoms with Gasteiger partial charge in [-0.1, -0.05) is 36.0 Å². The second-order valence-electron chi connectivity index (χ2n) is 6.34. The molecule has 0 spiro atoms. The average Bonchev–Trinajstić information content (AvgIpc) is 3.02. The van der Waals surface area contributed by atoms with Crippen molar-refractivity contribution in [3.63, 3.8) is 0 Å². The van der Waals surface area contributed by atoms with E-state index in [0.29, 0.717) is 40.5 Å². The van der Waals surface area contributed by atoms with E-state index in [-0.39, 0.29) is 35.1 Å². The summed E-state index contributed by atoms with van der Waals surface area (Å²) in [5, 5.41) is 3.44. The first-order valence-electron chi connectivity index (χ1n) is 8.90. The molecule has 0 N–H and O–H groups in total. The molecular weight excluding hydrogens is 413 g/mol. The molecule has 3 aromatic rings. The van der Waals surface area contributed by atoms with E-state index in [4.69, 9.17) is 4.74 Å². The van der Waals surface area contributed by atoms with Gasteiger partial charge in [0.15, 0.2) is 0 Å². The summed E-state index contributed by atoms with van der Waals surface area (Å²) in [6.07, 6.45) is 1.62. The standard InChI is InChI=1S/C21H17N3O4S.Na/c1-13-22-17-5-3-2-4-16(17)20(26)24(13)10-11-28-15-8-6-14(7-9-15)12-18-19(25)23-21(27)29-18;/h2-9,12H,10-11H2,1H3,(H,23,25,27);/q;+1/p-1/b18-12-;. The van der Waals surface area contributed by atoms with Gasteiger partial charge in [0, 0.05) is 4.91 Å². The number of aromatic nitrogens is 2. The molecule has 2 aromatic carbocycles. The summed E-state index contributed by atoms with van der Waals surface area (Å²) in [6.45, 7) is 2.49. The van der Waals surface area contributed by atoms with Crippen molar-refractivity contribution >= 4 is 39.9 Å². The van der Waals surface area contributed by atoms with Crippen molar-refractivity contribution in [3.8, 4) is 5.75 Å². The summed E-state index contributed by atoms with van der Waals surface area (Å²) >= 11 is 0.824. The van der Waals surface area contributed by atoms with Crippen LogP contribution in [-0.4, -0.2) is 27.3 Å². The van der Waals surface area contributed by atoms with Crippen LogP contribution < -0.4 is 39.9 Å². The van der Waals surface area contributed by atoms with E-state index in [1.165, 1.54) is 0 Å². The number of hydrogen-bond donors (Lipinski definition) is 0. The summed E-state index contributed by atoms with van der Waals surface area (Å²) in [5.74, 6) is 0.765. The van der Waals surface area contributed by atoms with Gasteiger partial charge < -0.3 is 19.6 Å². The number of ether oxygens (including phenoxy) is 1. The molecule has 7 nitrogen and oxygen atoms in total. The Hall–Kier alpha value is -2.39. The molecule has 0 aliphatic carbocycles. The van der Waals surface area contributed by atoms with Crippen LogP contribution >= 0.6 is 11.8 Å². The normalized spacial score (nSPS) is 14.6. The van der Waals surface area contributed by atoms with Crippen LogP contribution in [0.3, 0.4) is 0 Å². The molecule has 1 saturated heterocycles. The van der Waals surface area contributed by atoms with Crippen LogP contribution in [0.1, 0.15) is 11.4 Å². The zero-order chi connectivity index (χ0) is 20.4. The fourth-order valence-corrected chi connectivity index (χ4v) is 3.64. The molecule has 30 heavy (non-hydrogen) atoms. The van der Waals surface area contributed by atoms with Crippen LogP contribution in [0, 0.1) is 6.92 Å². The van der Waals surface area contributed by atoms with E-state index in [1.807, 2.05) is 18.2 Å². The maximum Gasteiger partial charge on any atom is 1.00 e. The summed E-state index contributed by atoms with van der Waals surface area (Å²) in [5.41, 5.74) is 1.37. The number of thioether (sulfide) groups is 1. The summed E-state index contributed by atoms with van der Waals surface area (Å²) in [6, 6.07) is 14.4. The summed E-state index contributed by atoms with van der Waals surface area (Å²) in [4.78, 5) is 40.1. The van der Waals surface area contributed by atoms with Gasteiger partial charge in [0.2, 0.25) is 0 Å². The van der Waals surface area contributed by atoms with Crippen LogP contribution in [0.2, 0.25) is 0 Å². The van der Waals surface area contributed by atoms with E-state index >= 15 is 0 Å². The average molecular weight is 429 g/mol. The number of para-hydroxylation sites is 1. The van der Waals surface area contributed by atoms with E-state index in [9.17, 15) is 14.4 Å². The minimum atomic E-state index is -0.509. The van der Waals surface area contributed by atoms with Gasteiger partial charge in [-0.2, -0.15) is 0 Å². The Balaban J connectivity index is 0.00000256. The molecule has 4 rings (SSSR count). The maximum absolute atomic E-state index is 12.7. The number of amides is 2. The Bertz CT molecular complexity index is 1210. The van der Waals surface area contributed by atoms with Crippen molar-refractivity contribution in [2.24, 2.45) is 0 Å². The molecule has 0 radical (unpaired) electrons. The van der Waals surface area contributed by atoms with E-state index < -0.39 is 11.1 Å². The van der Waals surface area contributed by atoms with Crippen LogP contribution in [0.15, 0.2) is 58.2 Å². The predicted molar refractivity (Wildman–Crippen MR) is 112 cm³/mol. The van der Waals surface area contributed by atoms with Gasteiger partial charge in [-0.25, -0.2) is 4.98 Å². The Morgan fingerprint density at radius 1 is 1.10 bits per heavy atom. The molecule has 0 atom stereocenters. The Morgan fingerprint density at radius 3 is 2.53 bits per heavy atom. The number of fused-ring (bicyclic) bond motifs is 1. The smallest absolute Gasteiger partial charge is 0.581 e. The fraction of sp³-hybridized carbons (Fsp3) is 0.143. The number of imide groups is 1. The molecule has 1 fully saturated rings. The number of benzene rings is 2. The number of rotatable bonds is 5. The third kappa shape index (κ3) is 4.84. The first-order chi connectivity index (χ1) is 14.0. The number of hydrogen-bond acceptors (Lipinski definition) is 6. The fourth-order valence-electron chi connectivity index (χ4n) is 3.00. The minimum absolute atomic E-state index is 0. The third-order valence-electron chi connectivity index (χ3n) is 4.41. The monoisotopic (exact) mass is 429 g/mol. The van der Waals surface area contributed by atoms with Crippen molar-refractivity contribution < 1.29 is 43.9 Å². The molecule has 0 unspecified atom stereocenters. The van der Waals surface area contributed by atoms with Crippen LogP contribution in [0.4, 0.5) is 4.79 Å². The van der Waals surface area contributed by atoms with Gasteiger partial charge in [-0.3, -0.25) is 9.36 Å². The van der Waals surface area contributed by atoms with E-state index in [2.05, 4.69) is 10.3 Å². The molecule has 9 heteroatoms. The summed E-state index contributed by atoms with van der Waals surface area (Å²) in [7, 11) is 0. The SMILES string of the molecule is Cc1nc2ccccc2c(=O)n1CCOc1ccc(/C=C2\SC(=O)[N-]C2=O)cc1.[Na+]. The predicted octanol–water partition coefficient (Wildman–Crippen LogP) is 0.896. The quantitative estimate of drug-likeness (QED) is 0.442. The molecular formula is C21H16N3NaO4S. The van der Waals surface area contributed by atoms with Gasteiger partial charge in [0.05, 0.1) is 23.4 Å². The topological polar surface area (TPSA) is 92.4 Å². The molecule has 0 bridgehead atoms. The van der Waals surface area contributed by atoms with Crippen LogP contribution in [-0.2, 0) is 11.3 Å². The summed E-state index contributed by atoms with van der Waals surface area (Å²) < 4.78 is 7.34. The second-order valence-corrected chi connectivity index (χ2v) is 7.34. The Kier molecular flexibility index (Phi) is 7.14. The number of carbonyl (C=O) groups is 2. The van der Waals surface area contributed by atoms with Gasteiger partial charge in [-0.05, 0) is 42.8 Å². The van der Waals surface area contributed by atoms with Crippen LogP contribution in [0.5, 0.6) is 5.75 Å². The van der Waals surface area contributed by atoms with Gasteiger partial charge in [0.25, 0.3) is 5.56 Å². The Labute approximate surface area is 198 Å². The molecule has 2 heterocycles. The largest absolute Gasteiger partial charge is 1.00 e. The third-order valence-corrected chi connectivity index (χ3v) is 5.19. The van der Waals surface area contributed by atoms with Crippen molar-refractivity contribution in [2.45, 2.75) is 13.5 Å². The molecule has 146 valence electrons. The van der Waals surface area contributed by atoms with Crippen molar-refractivity contribution in [2.75, 3.05) is 6.61 Å². The number of nitrogens with zero attached hydrogens (tertiary/aromatic N) is 3. The van der Waals surface area contributed by atoms with Crippen LogP contribution in [0.25, 0.3) is 22.3 Å². The second kappa shape index (κ2) is 9.61.